The van der Waals surface area contributed by atoms with E-state index in [2.05, 4.69) is 10.1 Å². The molecule has 8 heteroatoms. The van der Waals surface area contributed by atoms with Gasteiger partial charge in [-0.25, -0.2) is 0 Å². The third-order valence-electron chi connectivity index (χ3n) is 3.50. The molecule has 0 aliphatic heterocycles. The minimum Gasteiger partial charge on any atom is -0.469 e. The Kier molecular flexibility index (Phi) is 6.65. The number of amides is 1. The molecule has 0 radical (unpaired) electrons. The number of nitrogens with one attached hydrogen (secondary N) is 1. The fourth-order valence-electron chi connectivity index (χ4n) is 2.14. The molecule has 0 spiro atoms. The van der Waals surface area contributed by atoms with E-state index < -0.39 is 22.9 Å². The number of anilines is 1. The van der Waals surface area contributed by atoms with E-state index >= 15 is 0 Å². The molecule has 0 saturated heterocycles. The molecule has 0 fully saturated rings. The average molecular weight is 324 g/mol. The van der Waals surface area contributed by atoms with Gasteiger partial charge in [0, 0.05) is 19.6 Å². The number of esters is 1. The summed E-state index contributed by atoms with van der Waals surface area (Å²) in [5.41, 5.74) is 1.37. The van der Waals surface area contributed by atoms with Crippen LogP contribution in [-0.4, -0.2) is 37.1 Å². The van der Waals surface area contributed by atoms with Crippen LogP contribution in [0.1, 0.15) is 24.0 Å². The van der Waals surface area contributed by atoms with Crippen molar-refractivity contribution in [3.05, 3.63) is 33.4 Å². The van der Waals surface area contributed by atoms with Crippen molar-refractivity contribution in [1.82, 2.24) is 0 Å². The maximum atomic E-state index is 12.3. The predicted molar refractivity (Wildman–Crippen MR) is 83.2 cm³/mol. The second kappa shape index (κ2) is 8.23. The van der Waals surface area contributed by atoms with Crippen LogP contribution in [0.5, 0.6) is 0 Å². The number of methoxy groups -OCH3 is 2. The molecule has 1 atom stereocenters. The van der Waals surface area contributed by atoms with Crippen LogP contribution in [0.3, 0.4) is 0 Å². The number of carbonyl (C=O) groups is 2. The lowest BCUT2D eigenvalue weighted by atomic mass is 10.1. The summed E-state index contributed by atoms with van der Waals surface area (Å²) >= 11 is 0. The lowest BCUT2D eigenvalue weighted by Crippen LogP contribution is -2.30. The summed E-state index contributed by atoms with van der Waals surface area (Å²) in [7, 11) is 2.62. The normalized spacial score (nSPS) is 11.7. The predicted octanol–water partition coefficient (Wildman–Crippen LogP) is 2.12. The molecule has 0 bridgehead atoms. The third-order valence-corrected chi connectivity index (χ3v) is 3.50. The van der Waals surface area contributed by atoms with Crippen LogP contribution in [0, 0.1) is 24.0 Å². The number of aryl methyl sites for hydroxylation is 1. The minimum atomic E-state index is -0.854. The maximum Gasteiger partial charge on any atom is 0.305 e. The highest BCUT2D eigenvalue weighted by Crippen LogP contribution is 2.29. The summed E-state index contributed by atoms with van der Waals surface area (Å²) in [5.74, 6) is -0.911. The standard InChI is InChI=1S/C15H20N2O6/c1-9-5-6-11(17(20)21)10(2)14(9)16-15(19)12(22-3)7-8-13(18)23-4/h5-6,12H,7-8H2,1-4H3,(H,16,19). The summed E-state index contributed by atoms with van der Waals surface area (Å²) in [4.78, 5) is 33.9. The minimum absolute atomic E-state index is 0.0370. The van der Waals surface area contributed by atoms with Gasteiger partial charge >= 0.3 is 5.97 Å². The number of nitro groups is 1. The Balaban J connectivity index is 2.93. The maximum absolute atomic E-state index is 12.3. The fraction of sp³-hybridized carbons (Fsp3) is 0.467. The molecule has 23 heavy (non-hydrogen) atoms. The number of rotatable bonds is 7. The first-order chi connectivity index (χ1) is 10.8. The summed E-state index contributed by atoms with van der Waals surface area (Å²) in [6.45, 7) is 3.31. The lowest BCUT2D eigenvalue weighted by Gasteiger charge is -2.17. The zero-order valence-corrected chi connectivity index (χ0v) is 13.5. The summed E-state index contributed by atoms with van der Waals surface area (Å²) in [6, 6.07) is 2.96. The van der Waals surface area contributed by atoms with Crippen LogP contribution in [0.15, 0.2) is 12.1 Å². The van der Waals surface area contributed by atoms with Crippen LogP contribution in [0.4, 0.5) is 11.4 Å². The molecular weight excluding hydrogens is 304 g/mol. The topological polar surface area (TPSA) is 108 Å². The first-order valence-electron chi connectivity index (χ1n) is 6.96. The van der Waals surface area contributed by atoms with Gasteiger partial charge in [0.25, 0.3) is 11.6 Å². The smallest absolute Gasteiger partial charge is 0.305 e. The molecule has 0 aliphatic rings. The number of hydrogen-bond donors (Lipinski definition) is 1. The van der Waals surface area contributed by atoms with Gasteiger partial charge in [-0.2, -0.15) is 0 Å². The van der Waals surface area contributed by atoms with Gasteiger partial charge in [-0.05, 0) is 25.8 Å². The van der Waals surface area contributed by atoms with Gasteiger partial charge in [0.2, 0.25) is 0 Å². The van der Waals surface area contributed by atoms with E-state index in [1.54, 1.807) is 19.9 Å². The Bertz CT molecular complexity index is 614. The van der Waals surface area contributed by atoms with Gasteiger partial charge < -0.3 is 14.8 Å². The van der Waals surface area contributed by atoms with Crippen LogP contribution in [0.2, 0.25) is 0 Å². The highest BCUT2D eigenvalue weighted by atomic mass is 16.6. The molecule has 1 aromatic carbocycles. The van der Waals surface area contributed by atoms with E-state index in [0.29, 0.717) is 16.8 Å². The van der Waals surface area contributed by atoms with Gasteiger partial charge in [-0.1, -0.05) is 6.07 Å². The van der Waals surface area contributed by atoms with Crippen LogP contribution < -0.4 is 5.32 Å². The lowest BCUT2D eigenvalue weighted by molar-refractivity contribution is -0.385. The van der Waals surface area contributed by atoms with E-state index in [4.69, 9.17) is 4.74 Å². The first kappa shape index (κ1) is 18.6. The zero-order chi connectivity index (χ0) is 17.6. The summed E-state index contributed by atoms with van der Waals surface area (Å²) in [6.07, 6.45) is -0.663. The van der Waals surface area contributed by atoms with Crippen molar-refractivity contribution < 1.29 is 24.0 Å². The van der Waals surface area contributed by atoms with Gasteiger partial charge in [0.1, 0.15) is 6.10 Å². The van der Waals surface area contributed by atoms with Crippen LogP contribution >= 0.6 is 0 Å². The van der Waals surface area contributed by atoms with Gasteiger partial charge in [-0.15, -0.1) is 0 Å². The monoisotopic (exact) mass is 324 g/mol. The number of carbonyl (C=O) groups excluding carboxylic acids is 2. The van der Waals surface area contributed by atoms with Gasteiger partial charge in [-0.3, -0.25) is 19.7 Å². The van der Waals surface area contributed by atoms with Gasteiger partial charge in [0.15, 0.2) is 0 Å². The number of ether oxygens (including phenoxy) is 2. The average Bonchev–Trinajstić information content (AvgIpc) is 2.51. The SMILES string of the molecule is COC(=O)CCC(OC)C(=O)Nc1c(C)ccc([N+](=O)[O-])c1C. The molecule has 0 heterocycles. The number of benzene rings is 1. The van der Waals surface area contributed by atoms with Crippen LogP contribution in [0.25, 0.3) is 0 Å². The largest absolute Gasteiger partial charge is 0.469 e. The molecule has 1 rings (SSSR count). The Labute approximate surface area is 133 Å². The molecule has 0 aliphatic carbocycles. The van der Waals surface area contributed by atoms with E-state index in [1.807, 2.05) is 0 Å². The quantitative estimate of drug-likeness (QED) is 0.467. The number of hydrogen-bond acceptors (Lipinski definition) is 6. The third kappa shape index (κ3) is 4.75. The molecule has 1 aromatic rings. The molecular formula is C15H20N2O6. The van der Waals surface area contributed by atoms with Crippen molar-refractivity contribution in [2.45, 2.75) is 32.8 Å². The van der Waals surface area contributed by atoms with Crippen molar-refractivity contribution in [1.29, 1.82) is 0 Å². The molecule has 1 N–H and O–H groups in total. The first-order valence-corrected chi connectivity index (χ1v) is 6.96. The number of nitro benzene ring substituents is 1. The zero-order valence-electron chi connectivity index (χ0n) is 13.5. The van der Waals surface area contributed by atoms with Crippen molar-refractivity contribution in [3.63, 3.8) is 0 Å². The molecule has 8 nitrogen and oxygen atoms in total. The van der Waals surface area contributed by atoms with E-state index in [1.165, 1.54) is 20.3 Å². The van der Waals surface area contributed by atoms with Crippen molar-refractivity contribution in [3.8, 4) is 0 Å². The highest BCUT2D eigenvalue weighted by Gasteiger charge is 2.23. The summed E-state index contributed by atoms with van der Waals surface area (Å²) < 4.78 is 9.61. The van der Waals surface area contributed by atoms with E-state index in [-0.39, 0.29) is 18.5 Å². The molecule has 0 aromatic heterocycles. The van der Waals surface area contributed by atoms with Crippen molar-refractivity contribution in [2.75, 3.05) is 19.5 Å². The van der Waals surface area contributed by atoms with Gasteiger partial charge in [0.05, 0.1) is 23.3 Å². The second-order valence-electron chi connectivity index (χ2n) is 4.99. The number of nitrogens with zero attached hydrogens (tertiary/aromatic N) is 1. The Morgan fingerprint density at radius 3 is 2.48 bits per heavy atom. The fourth-order valence-corrected chi connectivity index (χ4v) is 2.14. The molecule has 1 amide bonds. The molecule has 1 unspecified atom stereocenters. The Hall–Kier alpha value is -2.48. The Morgan fingerprint density at radius 1 is 1.30 bits per heavy atom. The molecule has 126 valence electrons. The Morgan fingerprint density at radius 2 is 1.96 bits per heavy atom. The summed E-state index contributed by atoms with van der Waals surface area (Å²) in [5, 5.41) is 13.6. The van der Waals surface area contributed by atoms with E-state index in [0.717, 1.165) is 0 Å². The van der Waals surface area contributed by atoms with Crippen LogP contribution in [-0.2, 0) is 19.1 Å². The molecule has 0 saturated carbocycles. The van der Waals surface area contributed by atoms with Crippen molar-refractivity contribution in [2.24, 2.45) is 0 Å². The highest BCUT2D eigenvalue weighted by molar-refractivity contribution is 5.96. The second-order valence-corrected chi connectivity index (χ2v) is 4.99. The van der Waals surface area contributed by atoms with Crippen molar-refractivity contribution >= 4 is 23.3 Å². The van der Waals surface area contributed by atoms with E-state index in [9.17, 15) is 19.7 Å².